The Morgan fingerprint density at radius 3 is 2.60 bits per heavy atom. The second-order valence-electron chi connectivity index (χ2n) is 8.00. The van der Waals surface area contributed by atoms with E-state index < -0.39 is 11.7 Å². The molecular weight excluding hydrogens is 407 g/mol. The van der Waals surface area contributed by atoms with Gasteiger partial charge in [-0.25, -0.2) is 19.2 Å². The van der Waals surface area contributed by atoms with Crippen LogP contribution in [0.5, 0.6) is 0 Å². The van der Waals surface area contributed by atoms with Crippen LogP contribution in [0.25, 0.3) is 11.0 Å². The number of amides is 1. The number of halogens is 1. The Bertz CT molecular complexity index is 1050. The van der Waals surface area contributed by atoms with E-state index in [1.54, 1.807) is 16.3 Å². The third kappa shape index (κ3) is 5.85. The van der Waals surface area contributed by atoms with Crippen molar-refractivity contribution in [2.24, 2.45) is 0 Å². The summed E-state index contributed by atoms with van der Waals surface area (Å²) in [6.45, 7) is 7.70. The van der Waals surface area contributed by atoms with E-state index in [1.807, 2.05) is 20.8 Å². The quantitative estimate of drug-likeness (QED) is 0.560. The van der Waals surface area contributed by atoms with Crippen LogP contribution >= 0.6 is 11.3 Å². The summed E-state index contributed by atoms with van der Waals surface area (Å²) in [6, 6.07) is 4.38. The van der Waals surface area contributed by atoms with E-state index in [0.29, 0.717) is 48.5 Å². The standard InChI is InChI=1S/C21H25FN4O3S/c1-13(27)17-12-30-19(25-17)8-10-26(20(28)29-21(2,3)4)9-7-18-23-15-6-5-14(22)11-16(15)24-18/h5-6,11-12H,7-10H2,1-4H3,(H,23,24). The summed E-state index contributed by atoms with van der Waals surface area (Å²) in [5.74, 6) is 0.251. The number of ether oxygens (including phenoxy) is 1. The molecule has 30 heavy (non-hydrogen) atoms. The Morgan fingerprint density at radius 1 is 1.20 bits per heavy atom. The van der Waals surface area contributed by atoms with Gasteiger partial charge >= 0.3 is 6.09 Å². The maximum atomic E-state index is 13.4. The number of ketones is 1. The van der Waals surface area contributed by atoms with Crippen molar-refractivity contribution in [3.05, 3.63) is 45.9 Å². The number of aromatic amines is 1. The first kappa shape index (κ1) is 21.9. The third-order valence-electron chi connectivity index (χ3n) is 4.27. The highest BCUT2D eigenvalue weighted by molar-refractivity contribution is 7.09. The van der Waals surface area contributed by atoms with Crippen molar-refractivity contribution in [3.63, 3.8) is 0 Å². The van der Waals surface area contributed by atoms with E-state index >= 15 is 0 Å². The molecule has 7 nitrogen and oxygen atoms in total. The van der Waals surface area contributed by atoms with Gasteiger partial charge in [-0.3, -0.25) is 4.79 Å². The van der Waals surface area contributed by atoms with Gasteiger partial charge in [0.25, 0.3) is 0 Å². The van der Waals surface area contributed by atoms with Crippen molar-refractivity contribution in [1.82, 2.24) is 19.9 Å². The molecule has 2 aromatic heterocycles. The van der Waals surface area contributed by atoms with Crippen LogP contribution in [0.3, 0.4) is 0 Å². The van der Waals surface area contributed by atoms with Crippen molar-refractivity contribution in [2.75, 3.05) is 13.1 Å². The number of rotatable bonds is 7. The summed E-state index contributed by atoms with van der Waals surface area (Å²) >= 11 is 1.40. The molecule has 0 aliphatic rings. The monoisotopic (exact) mass is 432 g/mol. The van der Waals surface area contributed by atoms with Crippen LogP contribution in [0.4, 0.5) is 9.18 Å². The van der Waals surface area contributed by atoms with Crippen LogP contribution in [-0.4, -0.2) is 50.4 Å². The fourth-order valence-electron chi connectivity index (χ4n) is 2.83. The molecule has 1 N–H and O–H groups in total. The summed E-state index contributed by atoms with van der Waals surface area (Å²) in [5, 5.41) is 2.51. The molecular formula is C21H25FN4O3S. The number of Topliss-reactive ketones (excluding diaryl/α,β-unsaturated/α-hetero) is 1. The molecule has 0 bridgehead atoms. The summed E-state index contributed by atoms with van der Waals surface area (Å²) in [5.41, 5.74) is 1.12. The van der Waals surface area contributed by atoms with Gasteiger partial charge in [-0.2, -0.15) is 0 Å². The predicted molar refractivity (Wildman–Crippen MR) is 113 cm³/mol. The fraction of sp³-hybridized carbons (Fsp3) is 0.429. The second kappa shape index (κ2) is 8.91. The molecule has 0 radical (unpaired) electrons. The van der Waals surface area contributed by atoms with Crippen molar-refractivity contribution < 1.29 is 18.7 Å². The van der Waals surface area contributed by atoms with Gasteiger partial charge in [0.15, 0.2) is 5.78 Å². The van der Waals surface area contributed by atoms with E-state index in [4.69, 9.17) is 4.74 Å². The molecule has 2 heterocycles. The maximum Gasteiger partial charge on any atom is 0.410 e. The fourth-order valence-corrected chi connectivity index (χ4v) is 3.66. The lowest BCUT2D eigenvalue weighted by atomic mass is 10.2. The first-order valence-electron chi connectivity index (χ1n) is 9.68. The normalized spacial score (nSPS) is 11.6. The molecule has 3 aromatic rings. The van der Waals surface area contributed by atoms with Crippen LogP contribution in [0.15, 0.2) is 23.6 Å². The van der Waals surface area contributed by atoms with Crippen LogP contribution in [0.2, 0.25) is 0 Å². The minimum absolute atomic E-state index is 0.0807. The molecule has 0 saturated carbocycles. The Balaban J connectivity index is 1.69. The molecule has 0 spiro atoms. The molecule has 9 heteroatoms. The SMILES string of the molecule is CC(=O)c1csc(CCN(CCc2nc3ccc(F)cc3[nH]2)C(=O)OC(C)(C)C)n1. The summed E-state index contributed by atoms with van der Waals surface area (Å²) < 4.78 is 18.9. The smallest absolute Gasteiger partial charge is 0.410 e. The van der Waals surface area contributed by atoms with E-state index in [2.05, 4.69) is 15.0 Å². The molecule has 0 saturated heterocycles. The van der Waals surface area contributed by atoms with Crippen LogP contribution in [0, 0.1) is 5.82 Å². The number of nitrogens with zero attached hydrogens (tertiary/aromatic N) is 3. The van der Waals surface area contributed by atoms with Crippen molar-refractivity contribution in [2.45, 2.75) is 46.1 Å². The number of nitrogens with one attached hydrogen (secondary N) is 1. The summed E-state index contributed by atoms with van der Waals surface area (Å²) in [7, 11) is 0. The average Bonchev–Trinajstić information content (AvgIpc) is 3.26. The summed E-state index contributed by atoms with van der Waals surface area (Å²) in [6.07, 6.45) is 0.558. The van der Waals surface area contributed by atoms with Crippen LogP contribution < -0.4 is 0 Å². The van der Waals surface area contributed by atoms with Gasteiger partial charge in [0.05, 0.1) is 16.0 Å². The number of fused-ring (bicyclic) bond motifs is 1. The molecule has 1 amide bonds. The lowest BCUT2D eigenvalue weighted by Crippen LogP contribution is -2.39. The van der Waals surface area contributed by atoms with Gasteiger partial charge in [-0.05, 0) is 39.0 Å². The molecule has 1 aromatic carbocycles. The highest BCUT2D eigenvalue weighted by Gasteiger charge is 2.23. The zero-order chi connectivity index (χ0) is 21.9. The topological polar surface area (TPSA) is 88.2 Å². The Kier molecular flexibility index (Phi) is 6.50. The van der Waals surface area contributed by atoms with E-state index in [9.17, 15) is 14.0 Å². The van der Waals surface area contributed by atoms with E-state index in [0.717, 1.165) is 5.01 Å². The first-order chi connectivity index (χ1) is 14.1. The number of hydrogen-bond acceptors (Lipinski definition) is 6. The van der Waals surface area contributed by atoms with E-state index in [-0.39, 0.29) is 11.6 Å². The number of hydrogen-bond donors (Lipinski definition) is 1. The van der Waals surface area contributed by atoms with Crippen LogP contribution in [0.1, 0.15) is 49.0 Å². The number of thiazole rings is 1. The number of H-pyrrole nitrogens is 1. The molecule has 0 aliphatic carbocycles. The van der Waals surface area contributed by atoms with Gasteiger partial charge in [0.2, 0.25) is 0 Å². The van der Waals surface area contributed by atoms with E-state index in [1.165, 1.54) is 30.4 Å². The number of carbonyl (C=O) groups excluding carboxylic acids is 2. The molecule has 160 valence electrons. The van der Waals surface area contributed by atoms with Crippen molar-refractivity contribution >= 4 is 34.2 Å². The Labute approximate surface area is 178 Å². The molecule has 0 fully saturated rings. The minimum Gasteiger partial charge on any atom is -0.444 e. The van der Waals surface area contributed by atoms with Gasteiger partial charge in [0, 0.05) is 38.2 Å². The molecule has 0 aliphatic heterocycles. The lowest BCUT2D eigenvalue weighted by Gasteiger charge is -2.27. The second-order valence-corrected chi connectivity index (χ2v) is 8.94. The van der Waals surface area contributed by atoms with Gasteiger partial charge < -0.3 is 14.6 Å². The van der Waals surface area contributed by atoms with Crippen molar-refractivity contribution in [1.29, 1.82) is 0 Å². The minimum atomic E-state index is -0.616. The Morgan fingerprint density at radius 2 is 1.93 bits per heavy atom. The van der Waals surface area contributed by atoms with Crippen molar-refractivity contribution in [3.8, 4) is 0 Å². The summed E-state index contributed by atoms with van der Waals surface area (Å²) in [4.78, 5) is 37.6. The van der Waals surface area contributed by atoms with Gasteiger partial charge in [-0.1, -0.05) is 0 Å². The highest BCUT2D eigenvalue weighted by atomic mass is 32.1. The zero-order valence-electron chi connectivity index (χ0n) is 17.5. The molecule has 3 rings (SSSR count). The van der Waals surface area contributed by atoms with Crippen LogP contribution in [-0.2, 0) is 17.6 Å². The maximum absolute atomic E-state index is 13.4. The average molecular weight is 433 g/mol. The van der Waals surface area contributed by atoms with Gasteiger partial charge in [-0.15, -0.1) is 11.3 Å². The Hall–Kier alpha value is -2.81. The number of carbonyl (C=O) groups is 2. The van der Waals surface area contributed by atoms with Gasteiger partial charge in [0.1, 0.15) is 22.9 Å². The number of benzene rings is 1. The molecule has 0 unspecified atom stereocenters. The first-order valence-corrected chi connectivity index (χ1v) is 10.6. The lowest BCUT2D eigenvalue weighted by molar-refractivity contribution is 0.0253. The number of aromatic nitrogens is 3. The molecule has 0 atom stereocenters. The predicted octanol–water partition coefficient (Wildman–Crippen LogP) is 4.38. The third-order valence-corrected chi connectivity index (χ3v) is 5.18. The highest BCUT2D eigenvalue weighted by Crippen LogP contribution is 2.16. The largest absolute Gasteiger partial charge is 0.444 e. The zero-order valence-corrected chi connectivity index (χ0v) is 18.3. The number of imidazole rings is 1.